The zero-order valence-corrected chi connectivity index (χ0v) is 12.8. The first-order valence-corrected chi connectivity index (χ1v) is 7.24. The molecule has 4 heteroatoms. The number of nitrogens with zero attached hydrogens (tertiary/aromatic N) is 1. The Hall–Kier alpha value is -2.62. The molecule has 0 N–H and O–H groups in total. The summed E-state index contributed by atoms with van der Waals surface area (Å²) in [6.07, 6.45) is 0. The van der Waals surface area contributed by atoms with Gasteiger partial charge in [-0.15, -0.1) is 0 Å². The topological polar surface area (TPSA) is 52.2 Å². The van der Waals surface area contributed by atoms with Crippen molar-refractivity contribution in [1.82, 2.24) is 4.57 Å². The van der Waals surface area contributed by atoms with Crippen molar-refractivity contribution in [1.29, 1.82) is 0 Å². The Labute approximate surface area is 127 Å². The van der Waals surface area contributed by atoms with Crippen LogP contribution in [0.5, 0.6) is 0 Å². The van der Waals surface area contributed by atoms with Gasteiger partial charge in [0.05, 0.1) is 11.1 Å². The molecule has 3 rings (SSSR count). The predicted molar refractivity (Wildman–Crippen MR) is 86.9 cm³/mol. The molecule has 22 heavy (non-hydrogen) atoms. The van der Waals surface area contributed by atoms with Crippen LogP contribution in [0.3, 0.4) is 0 Å². The fraction of sp³-hybridized carbons (Fsp3) is 0.222. The maximum atomic E-state index is 12.6. The summed E-state index contributed by atoms with van der Waals surface area (Å²) in [6, 6.07) is 12.6. The van der Waals surface area contributed by atoms with Crippen LogP contribution in [0.1, 0.15) is 30.9 Å². The summed E-state index contributed by atoms with van der Waals surface area (Å²) in [5.41, 5.74) is 2.57. The highest BCUT2D eigenvalue weighted by atomic mass is 16.4. The summed E-state index contributed by atoms with van der Waals surface area (Å²) in [5.74, 6) is -0.276. The monoisotopic (exact) mass is 295 g/mol. The van der Waals surface area contributed by atoms with Gasteiger partial charge in [-0.05, 0) is 48.2 Å². The summed E-state index contributed by atoms with van der Waals surface area (Å²) < 4.78 is 6.37. The quantitative estimate of drug-likeness (QED) is 0.728. The van der Waals surface area contributed by atoms with E-state index in [-0.39, 0.29) is 5.56 Å². The maximum Gasteiger partial charge on any atom is 0.426 e. The minimum absolute atomic E-state index is 0.324. The molecule has 0 amide bonds. The summed E-state index contributed by atoms with van der Waals surface area (Å²) in [5, 5.41) is 0.401. The van der Waals surface area contributed by atoms with Crippen LogP contribution in [0.25, 0.3) is 16.7 Å². The maximum absolute atomic E-state index is 12.6. The number of hydrogen-bond donors (Lipinski definition) is 0. The van der Waals surface area contributed by atoms with E-state index in [1.54, 1.807) is 24.3 Å². The lowest BCUT2D eigenvalue weighted by Gasteiger charge is -2.08. The summed E-state index contributed by atoms with van der Waals surface area (Å²) >= 11 is 0. The number of rotatable bonds is 2. The molecule has 4 nitrogen and oxygen atoms in total. The third-order valence-corrected chi connectivity index (χ3v) is 3.77. The van der Waals surface area contributed by atoms with Crippen LogP contribution in [-0.4, -0.2) is 4.57 Å². The van der Waals surface area contributed by atoms with Crippen LogP contribution >= 0.6 is 0 Å². The first-order chi connectivity index (χ1) is 10.5. The van der Waals surface area contributed by atoms with Crippen molar-refractivity contribution in [2.45, 2.75) is 26.7 Å². The average molecular weight is 295 g/mol. The Kier molecular flexibility index (Phi) is 3.45. The SMILES string of the molecule is Cc1ccc2c(=O)n(-c3ccc(C(C)C)cc3)c(=O)oc2c1. The van der Waals surface area contributed by atoms with Gasteiger partial charge in [0.2, 0.25) is 0 Å². The largest absolute Gasteiger partial charge is 0.426 e. The van der Waals surface area contributed by atoms with Gasteiger partial charge in [-0.3, -0.25) is 4.79 Å². The molecule has 0 unspecified atom stereocenters. The van der Waals surface area contributed by atoms with Gasteiger partial charge >= 0.3 is 5.76 Å². The van der Waals surface area contributed by atoms with Gasteiger partial charge < -0.3 is 4.42 Å². The molecule has 0 bridgehead atoms. The number of benzene rings is 2. The van der Waals surface area contributed by atoms with E-state index in [9.17, 15) is 9.59 Å². The standard InChI is InChI=1S/C18H17NO3/c1-11(2)13-5-7-14(8-6-13)19-17(20)15-9-4-12(3)10-16(15)22-18(19)21/h4-11H,1-3H3. The van der Waals surface area contributed by atoms with Gasteiger partial charge in [0, 0.05) is 0 Å². The molecule has 0 atom stereocenters. The average Bonchev–Trinajstić information content (AvgIpc) is 2.47. The highest BCUT2D eigenvalue weighted by molar-refractivity contribution is 5.76. The normalized spacial score (nSPS) is 11.3. The first-order valence-electron chi connectivity index (χ1n) is 7.24. The minimum atomic E-state index is -0.666. The first kappa shape index (κ1) is 14.3. The molecule has 0 fully saturated rings. The zero-order valence-electron chi connectivity index (χ0n) is 12.8. The van der Waals surface area contributed by atoms with E-state index in [2.05, 4.69) is 13.8 Å². The van der Waals surface area contributed by atoms with Crippen LogP contribution in [0, 0.1) is 6.92 Å². The van der Waals surface area contributed by atoms with Crippen LogP contribution in [0.2, 0.25) is 0 Å². The molecule has 0 spiro atoms. The Morgan fingerprint density at radius 1 is 1.00 bits per heavy atom. The van der Waals surface area contributed by atoms with Crippen molar-refractivity contribution in [2.24, 2.45) is 0 Å². The van der Waals surface area contributed by atoms with E-state index in [0.29, 0.717) is 22.6 Å². The van der Waals surface area contributed by atoms with Crippen molar-refractivity contribution in [2.75, 3.05) is 0 Å². The highest BCUT2D eigenvalue weighted by Crippen LogP contribution is 2.16. The molecule has 0 aliphatic carbocycles. The Morgan fingerprint density at radius 2 is 1.68 bits per heavy atom. The summed E-state index contributed by atoms with van der Waals surface area (Å²) in [6.45, 7) is 6.07. The second-order valence-corrected chi connectivity index (χ2v) is 5.75. The van der Waals surface area contributed by atoms with Crippen LogP contribution in [0.15, 0.2) is 56.5 Å². The molecule has 0 radical (unpaired) electrons. The molecular formula is C18H17NO3. The lowest BCUT2D eigenvalue weighted by molar-refractivity contribution is 0.503. The van der Waals surface area contributed by atoms with E-state index in [0.717, 1.165) is 15.7 Å². The van der Waals surface area contributed by atoms with Crippen LogP contribution in [0.4, 0.5) is 0 Å². The van der Waals surface area contributed by atoms with Gasteiger partial charge in [0.25, 0.3) is 5.56 Å². The Morgan fingerprint density at radius 3 is 2.32 bits per heavy atom. The molecule has 112 valence electrons. The van der Waals surface area contributed by atoms with E-state index in [1.807, 2.05) is 25.1 Å². The van der Waals surface area contributed by atoms with E-state index in [4.69, 9.17) is 4.42 Å². The lowest BCUT2D eigenvalue weighted by atomic mass is 10.0. The third kappa shape index (κ3) is 2.37. The number of fused-ring (bicyclic) bond motifs is 1. The van der Waals surface area contributed by atoms with Crippen molar-refractivity contribution >= 4 is 11.0 Å². The van der Waals surface area contributed by atoms with E-state index < -0.39 is 5.76 Å². The minimum Gasteiger partial charge on any atom is -0.409 e. The number of hydrogen-bond acceptors (Lipinski definition) is 3. The molecule has 0 aliphatic heterocycles. The second kappa shape index (κ2) is 5.30. The molecule has 1 heterocycles. The molecule has 0 saturated carbocycles. The van der Waals surface area contributed by atoms with E-state index in [1.165, 1.54) is 0 Å². The Balaban J connectivity index is 2.25. The van der Waals surface area contributed by atoms with Crippen molar-refractivity contribution in [3.05, 3.63) is 74.5 Å². The van der Waals surface area contributed by atoms with Gasteiger partial charge in [0.1, 0.15) is 5.58 Å². The summed E-state index contributed by atoms with van der Waals surface area (Å²) in [4.78, 5) is 24.8. The lowest BCUT2D eigenvalue weighted by Crippen LogP contribution is -2.30. The van der Waals surface area contributed by atoms with Gasteiger partial charge in [-0.2, -0.15) is 0 Å². The van der Waals surface area contributed by atoms with Gasteiger partial charge in [-0.1, -0.05) is 32.0 Å². The van der Waals surface area contributed by atoms with Crippen molar-refractivity contribution < 1.29 is 4.42 Å². The second-order valence-electron chi connectivity index (χ2n) is 5.75. The molecule has 3 aromatic rings. The van der Waals surface area contributed by atoms with E-state index >= 15 is 0 Å². The van der Waals surface area contributed by atoms with Gasteiger partial charge in [-0.25, -0.2) is 9.36 Å². The predicted octanol–water partition coefficient (Wildman–Crippen LogP) is 3.38. The number of aryl methyl sites for hydroxylation is 1. The van der Waals surface area contributed by atoms with Crippen molar-refractivity contribution in [3.63, 3.8) is 0 Å². The highest BCUT2D eigenvalue weighted by Gasteiger charge is 2.11. The molecule has 0 saturated heterocycles. The smallest absolute Gasteiger partial charge is 0.409 e. The van der Waals surface area contributed by atoms with Crippen LogP contribution < -0.4 is 11.3 Å². The third-order valence-electron chi connectivity index (χ3n) is 3.77. The molecule has 2 aromatic carbocycles. The van der Waals surface area contributed by atoms with Crippen LogP contribution in [-0.2, 0) is 0 Å². The summed E-state index contributed by atoms with van der Waals surface area (Å²) in [7, 11) is 0. The van der Waals surface area contributed by atoms with Crippen molar-refractivity contribution in [3.8, 4) is 5.69 Å². The number of aromatic nitrogens is 1. The van der Waals surface area contributed by atoms with Gasteiger partial charge in [0.15, 0.2) is 0 Å². The fourth-order valence-electron chi connectivity index (χ4n) is 2.46. The fourth-order valence-corrected chi connectivity index (χ4v) is 2.46. The molecule has 0 aliphatic rings. The Bertz CT molecular complexity index is 947. The molecular weight excluding hydrogens is 278 g/mol. The molecule has 1 aromatic heterocycles. The zero-order chi connectivity index (χ0) is 15.9.